The van der Waals surface area contributed by atoms with Crippen LogP contribution in [0.2, 0.25) is 0 Å². The number of terminal acetylenes is 1. The number of hydrogen-bond acceptors (Lipinski definition) is 2. The highest BCUT2D eigenvalue weighted by Crippen LogP contribution is 2.28. The lowest BCUT2D eigenvalue weighted by molar-refractivity contribution is 0.0126. The SMILES string of the molecule is C#CCNC1c2ccccc2COC1C. The van der Waals surface area contributed by atoms with Gasteiger partial charge in [-0.2, -0.15) is 0 Å². The molecule has 0 amide bonds. The molecule has 2 unspecified atom stereocenters. The quantitative estimate of drug-likeness (QED) is 0.737. The van der Waals surface area contributed by atoms with Crippen molar-refractivity contribution in [3.8, 4) is 12.3 Å². The predicted molar refractivity (Wildman–Crippen MR) is 60.3 cm³/mol. The van der Waals surface area contributed by atoms with E-state index >= 15 is 0 Å². The molecule has 15 heavy (non-hydrogen) atoms. The summed E-state index contributed by atoms with van der Waals surface area (Å²) in [5, 5.41) is 3.32. The molecule has 2 nitrogen and oxygen atoms in total. The number of hydrogen-bond donors (Lipinski definition) is 1. The van der Waals surface area contributed by atoms with Gasteiger partial charge >= 0.3 is 0 Å². The summed E-state index contributed by atoms with van der Waals surface area (Å²) in [5.74, 6) is 2.60. The zero-order valence-corrected chi connectivity index (χ0v) is 8.86. The molecule has 0 radical (unpaired) electrons. The molecule has 0 saturated heterocycles. The highest BCUT2D eigenvalue weighted by molar-refractivity contribution is 5.32. The molecular weight excluding hydrogens is 186 g/mol. The molecule has 0 aromatic heterocycles. The van der Waals surface area contributed by atoms with Crippen molar-refractivity contribution in [1.29, 1.82) is 0 Å². The summed E-state index contributed by atoms with van der Waals surface area (Å²) in [4.78, 5) is 0. The van der Waals surface area contributed by atoms with Gasteiger partial charge in [-0.1, -0.05) is 30.2 Å². The van der Waals surface area contributed by atoms with Crippen LogP contribution in [0.5, 0.6) is 0 Å². The molecule has 1 aliphatic heterocycles. The van der Waals surface area contributed by atoms with E-state index in [9.17, 15) is 0 Å². The Balaban J connectivity index is 2.25. The molecule has 0 aliphatic carbocycles. The Labute approximate surface area is 90.6 Å². The zero-order chi connectivity index (χ0) is 10.7. The number of rotatable bonds is 2. The van der Waals surface area contributed by atoms with Gasteiger partial charge in [0.15, 0.2) is 0 Å². The van der Waals surface area contributed by atoms with Crippen LogP contribution in [0.1, 0.15) is 24.1 Å². The highest BCUT2D eigenvalue weighted by atomic mass is 16.5. The molecular formula is C13H15NO. The standard InChI is InChI=1S/C13H15NO/c1-3-8-14-13-10(2)15-9-11-6-4-5-7-12(11)13/h1,4-7,10,13-14H,8-9H2,2H3. The van der Waals surface area contributed by atoms with Crippen LogP contribution in [0.25, 0.3) is 0 Å². The lowest BCUT2D eigenvalue weighted by Crippen LogP contribution is -2.36. The third-order valence-electron chi connectivity index (χ3n) is 2.79. The van der Waals surface area contributed by atoms with Gasteiger partial charge in [0.25, 0.3) is 0 Å². The Kier molecular flexibility index (Phi) is 3.05. The Morgan fingerprint density at radius 1 is 1.53 bits per heavy atom. The Bertz CT molecular complexity index is 380. The topological polar surface area (TPSA) is 21.3 Å². The molecule has 1 aliphatic rings. The minimum Gasteiger partial charge on any atom is -0.372 e. The van der Waals surface area contributed by atoms with E-state index < -0.39 is 0 Å². The number of fused-ring (bicyclic) bond motifs is 1. The van der Waals surface area contributed by atoms with E-state index in [1.165, 1.54) is 11.1 Å². The van der Waals surface area contributed by atoms with Crippen LogP contribution in [-0.4, -0.2) is 12.6 Å². The van der Waals surface area contributed by atoms with E-state index in [0.29, 0.717) is 13.2 Å². The summed E-state index contributed by atoms with van der Waals surface area (Å²) < 4.78 is 5.68. The second-order valence-corrected chi connectivity index (χ2v) is 3.78. The minimum atomic E-state index is 0.174. The normalized spacial score (nSPS) is 24.3. The third-order valence-corrected chi connectivity index (χ3v) is 2.79. The van der Waals surface area contributed by atoms with Crippen LogP contribution in [0.4, 0.5) is 0 Å². The molecule has 0 spiro atoms. The van der Waals surface area contributed by atoms with Gasteiger partial charge in [-0.3, -0.25) is 5.32 Å². The van der Waals surface area contributed by atoms with Crippen molar-refractivity contribution in [1.82, 2.24) is 5.32 Å². The van der Waals surface area contributed by atoms with Crippen molar-refractivity contribution in [2.75, 3.05) is 6.54 Å². The van der Waals surface area contributed by atoms with E-state index in [1.54, 1.807) is 0 Å². The lowest BCUT2D eigenvalue weighted by Gasteiger charge is -2.31. The second kappa shape index (κ2) is 4.48. The average molecular weight is 201 g/mol. The first-order valence-corrected chi connectivity index (χ1v) is 5.19. The predicted octanol–water partition coefficient (Wildman–Crippen LogP) is 1.87. The second-order valence-electron chi connectivity index (χ2n) is 3.78. The number of benzene rings is 1. The van der Waals surface area contributed by atoms with Crippen molar-refractivity contribution in [2.24, 2.45) is 0 Å². The molecule has 0 bridgehead atoms. The zero-order valence-electron chi connectivity index (χ0n) is 8.86. The molecule has 1 aromatic carbocycles. The molecule has 2 heteroatoms. The molecule has 1 N–H and O–H groups in total. The fourth-order valence-corrected chi connectivity index (χ4v) is 1.98. The lowest BCUT2D eigenvalue weighted by atomic mass is 9.94. The van der Waals surface area contributed by atoms with E-state index in [2.05, 4.69) is 36.4 Å². The van der Waals surface area contributed by atoms with Gasteiger partial charge in [-0.25, -0.2) is 0 Å². The number of nitrogens with one attached hydrogen (secondary N) is 1. The van der Waals surface area contributed by atoms with E-state index in [1.807, 2.05) is 6.07 Å². The summed E-state index contributed by atoms with van der Waals surface area (Å²) in [6.45, 7) is 3.35. The maximum absolute atomic E-state index is 5.68. The van der Waals surface area contributed by atoms with Crippen LogP contribution in [0, 0.1) is 12.3 Å². The molecule has 2 rings (SSSR count). The van der Waals surface area contributed by atoms with Crippen molar-refractivity contribution in [3.05, 3.63) is 35.4 Å². The third kappa shape index (κ3) is 2.04. The fourth-order valence-electron chi connectivity index (χ4n) is 1.98. The van der Waals surface area contributed by atoms with Gasteiger partial charge in [-0.15, -0.1) is 6.42 Å². The van der Waals surface area contributed by atoms with Crippen molar-refractivity contribution >= 4 is 0 Å². The Hall–Kier alpha value is -1.30. The summed E-state index contributed by atoms with van der Waals surface area (Å²) in [6, 6.07) is 8.55. The van der Waals surface area contributed by atoms with Crippen LogP contribution in [0.15, 0.2) is 24.3 Å². The Morgan fingerprint density at radius 2 is 2.33 bits per heavy atom. The van der Waals surface area contributed by atoms with Gasteiger partial charge < -0.3 is 4.74 Å². The van der Waals surface area contributed by atoms with Crippen molar-refractivity contribution in [3.63, 3.8) is 0 Å². The van der Waals surface area contributed by atoms with Gasteiger partial charge in [0, 0.05) is 0 Å². The van der Waals surface area contributed by atoms with Crippen LogP contribution >= 0.6 is 0 Å². The minimum absolute atomic E-state index is 0.174. The van der Waals surface area contributed by atoms with Crippen LogP contribution < -0.4 is 5.32 Å². The first kappa shape index (κ1) is 10.2. The van der Waals surface area contributed by atoms with Crippen molar-refractivity contribution < 1.29 is 4.74 Å². The van der Waals surface area contributed by atoms with E-state index in [0.717, 1.165) is 0 Å². The highest BCUT2D eigenvalue weighted by Gasteiger charge is 2.25. The first-order valence-electron chi connectivity index (χ1n) is 5.19. The van der Waals surface area contributed by atoms with Gasteiger partial charge in [0.1, 0.15) is 0 Å². The molecule has 1 aromatic rings. The summed E-state index contributed by atoms with van der Waals surface area (Å²) in [5.41, 5.74) is 2.57. The van der Waals surface area contributed by atoms with Crippen LogP contribution in [0.3, 0.4) is 0 Å². The smallest absolute Gasteiger partial charge is 0.0746 e. The molecule has 2 atom stereocenters. The molecule has 78 valence electrons. The first-order chi connectivity index (χ1) is 7.33. The van der Waals surface area contributed by atoms with Crippen LogP contribution in [-0.2, 0) is 11.3 Å². The van der Waals surface area contributed by atoms with Gasteiger partial charge in [0.05, 0.1) is 25.3 Å². The van der Waals surface area contributed by atoms with E-state index in [4.69, 9.17) is 11.2 Å². The maximum atomic E-state index is 5.68. The maximum Gasteiger partial charge on any atom is 0.0746 e. The van der Waals surface area contributed by atoms with Gasteiger partial charge in [0.2, 0.25) is 0 Å². The summed E-state index contributed by atoms with van der Waals surface area (Å²) in [6.07, 6.45) is 5.43. The van der Waals surface area contributed by atoms with E-state index in [-0.39, 0.29) is 12.1 Å². The van der Waals surface area contributed by atoms with Gasteiger partial charge in [-0.05, 0) is 18.1 Å². The molecule has 0 saturated carbocycles. The average Bonchev–Trinajstić information content (AvgIpc) is 2.28. The number of ether oxygens (including phenoxy) is 1. The largest absolute Gasteiger partial charge is 0.372 e. The molecule has 1 heterocycles. The summed E-state index contributed by atoms with van der Waals surface area (Å²) >= 11 is 0. The molecule has 0 fully saturated rings. The fraction of sp³-hybridized carbons (Fsp3) is 0.385. The monoisotopic (exact) mass is 201 g/mol. The van der Waals surface area contributed by atoms with Crippen molar-refractivity contribution in [2.45, 2.75) is 25.7 Å². The summed E-state index contributed by atoms with van der Waals surface area (Å²) in [7, 11) is 0. The Morgan fingerprint density at radius 3 is 3.13 bits per heavy atom.